The molecule has 1 saturated heterocycles. The minimum absolute atomic E-state index is 0. The van der Waals surface area contributed by atoms with Gasteiger partial charge in [0.2, 0.25) is 0 Å². The first-order valence-electron chi connectivity index (χ1n) is 11.0. The molecule has 0 N–H and O–H groups in total. The second-order valence-electron chi connectivity index (χ2n) is 7.49. The van der Waals surface area contributed by atoms with Gasteiger partial charge in [0.25, 0.3) is 7.82 Å². The molecule has 164 valence electrons. The molecule has 0 radical (unpaired) electrons. The fraction of sp³-hybridized carbons (Fsp3) is 0.857. The third kappa shape index (κ3) is 17.7. The first kappa shape index (κ1) is 29.3. The number of phosphoric ester groups is 1. The summed E-state index contributed by atoms with van der Waals surface area (Å²) in [6.45, 7) is 2.09. The van der Waals surface area contributed by atoms with E-state index >= 15 is 0 Å². The quantitative estimate of drug-likeness (QED) is 0.114. The van der Waals surface area contributed by atoms with Crippen LogP contribution in [0.15, 0.2) is 12.2 Å². The monoisotopic (exact) mass is 440 g/mol. The van der Waals surface area contributed by atoms with Gasteiger partial charge in [-0.05, 0) is 32.1 Å². The first-order valence-corrected chi connectivity index (χ1v) is 12.4. The van der Waals surface area contributed by atoms with Crippen LogP contribution in [0.25, 0.3) is 0 Å². The van der Waals surface area contributed by atoms with Gasteiger partial charge in [-0.1, -0.05) is 70.4 Å². The summed E-state index contributed by atoms with van der Waals surface area (Å²) < 4.78 is 25.1. The van der Waals surface area contributed by atoms with Gasteiger partial charge in [0.05, 0.1) is 6.61 Å². The maximum Gasteiger partial charge on any atom is 1.00 e. The molecule has 0 spiro atoms. The third-order valence-electron chi connectivity index (χ3n) is 4.77. The summed E-state index contributed by atoms with van der Waals surface area (Å²) in [7, 11) is -4.16. The predicted octanol–water partition coefficient (Wildman–Crippen LogP) is 2.45. The third-order valence-corrected chi connectivity index (χ3v) is 5.79. The molecule has 29 heavy (non-hydrogen) atoms. The van der Waals surface area contributed by atoms with E-state index in [0.717, 1.165) is 25.7 Å². The first-order chi connectivity index (χ1) is 13.5. The summed E-state index contributed by atoms with van der Waals surface area (Å²) in [5.41, 5.74) is 0. The van der Waals surface area contributed by atoms with Crippen LogP contribution in [-0.2, 0) is 23.1 Å². The van der Waals surface area contributed by atoms with Gasteiger partial charge in [-0.25, -0.2) is 0 Å². The Balaban J connectivity index is 0.00000784. The van der Waals surface area contributed by atoms with Crippen LogP contribution in [0.4, 0.5) is 0 Å². The van der Waals surface area contributed by atoms with Crippen molar-refractivity contribution in [2.45, 2.75) is 103 Å². The van der Waals surface area contributed by atoms with Gasteiger partial charge in [-0.15, -0.1) is 0 Å². The summed E-state index contributed by atoms with van der Waals surface area (Å²) in [6.07, 6.45) is 20.0. The average Bonchev–Trinajstić information content (AvgIpc) is 3.02. The SMILES string of the molecule is CCCCCCCC/C=C\CCCCCCCC(=O)OCC1COP(=O)([O-])O1.[Na+]. The Bertz CT molecular complexity index is 486. The number of allylic oxidation sites excluding steroid dienone is 2. The number of carbonyl (C=O) groups excluding carboxylic acids is 1. The smallest absolute Gasteiger partial charge is 0.756 e. The molecule has 1 aliphatic rings. The molecule has 1 aliphatic heterocycles. The largest absolute Gasteiger partial charge is 1.00 e. The molecule has 0 aliphatic carbocycles. The van der Waals surface area contributed by atoms with Crippen molar-refractivity contribution in [3.8, 4) is 0 Å². The van der Waals surface area contributed by atoms with Crippen LogP contribution in [0.2, 0.25) is 0 Å². The number of hydrogen-bond acceptors (Lipinski definition) is 6. The standard InChI is InChI=1S/C21H39O6P.Na/c1-2-3-4-5-6-7-8-9-10-11-12-13-14-15-16-17-21(22)25-18-20-19-26-28(23,24)27-20;/h9-10,20H,2-8,11-19H2,1H3,(H,23,24);/q;+1/p-1/b10-9-;. The average molecular weight is 440 g/mol. The number of carbonyl (C=O) groups is 1. The fourth-order valence-electron chi connectivity index (χ4n) is 3.09. The van der Waals surface area contributed by atoms with Crippen LogP contribution in [0.1, 0.15) is 96.8 Å². The minimum atomic E-state index is -4.16. The Morgan fingerprint density at radius 2 is 1.55 bits per heavy atom. The molecule has 0 aromatic heterocycles. The van der Waals surface area contributed by atoms with Gasteiger partial charge < -0.3 is 18.7 Å². The van der Waals surface area contributed by atoms with E-state index in [2.05, 4.69) is 28.1 Å². The molecular formula is C21H38NaO6P. The zero-order valence-electron chi connectivity index (χ0n) is 18.4. The van der Waals surface area contributed by atoms with E-state index in [1.54, 1.807) is 0 Å². The number of esters is 1. The summed E-state index contributed by atoms with van der Waals surface area (Å²) in [5, 5.41) is 0. The van der Waals surface area contributed by atoms with Crippen molar-refractivity contribution in [2.75, 3.05) is 13.2 Å². The van der Waals surface area contributed by atoms with E-state index in [-0.39, 0.29) is 48.7 Å². The van der Waals surface area contributed by atoms with Crippen molar-refractivity contribution >= 4 is 13.8 Å². The van der Waals surface area contributed by atoms with Crippen molar-refractivity contribution < 1.29 is 57.6 Å². The maximum atomic E-state index is 11.6. The van der Waals surface area contributed by atoms with E-state index in [1.165, 1.54) is 57.8 Å². The Hall–Kier alpha value is 0.320. The van der Waals surface area contributed by atoms with E-state index in [0.29, 0.717) is 6.42 Å². The van der Waals surface area contributed by atoms with Crippen LogP contribution < -0.4 is 34.5 Å². The van der Waals surface area contributed by atoms with Gasteiger partial charge >= 0.3 is 35.5 Å². The van der Waals surface area contributed by atoms with Gasteiger partial charge in [0, 0.05) is 6.42 Å². The molecule has 1 rings (SSSR count). The summed E-state index contributed by atoms with van der Waals surface area (Å²) in [5.74, 6) is -0.311. The molecule has 0 bridgehead atoms. The fourth-order valence-corrected chi connectivity index (χ4v) is 3.99. The Kier molecular flexibility index (Phi) is 19.2. The van der Waals surface area contributed by atoms with Crippen molar-refractivity contribution in [1.82, 2.24) is 0 Å². The van der Waals surface area contributed by atoms with Gasteiger partial charge in [0.1, 0.15) is 12.7 Å². The van der Waals surface area contributed by atoms with Gasteiger partial charge in [-0.3, -0.25) is 9.36 Å². The molecular weight excluding hydrogens is 402 g/mol. The Labute approximate surface area is 199 Å². The zero-order chi connectivity index (χ0) is 20.5. The zero-order valence-corrected chi connectivity index (χ0v) is 21.3. The molecule has 8 heteroatoms. The molecule has 0 aromatic rings. The Morgan fingerprint density at radius 1 is 1.00 bits per heavy atom. The topological polar surface area (TPSA) is 84.9 Å². The number of ether oxygens (including phenoxy) is 1. The molecule has 6 nitrogen and oxygen atoms in total. The van der Waals surface area contributed by atoms with Crippen molar-refractivity contribution in [2.24, 2.45) is 0 Å². The molecule has 2 atom stereocenters. The molecule has 0 saturated carbocycles. The van der Waals surface area contributed by atoms with Crippen molar-refractivity contribution in [1.29, 1.82) is 0 Å². The molecule has 1 fully saturated rings. The number of unbranched alkanes of at least 4 members (excludes halogenated alkanes) is 11. The van der Waals surface area contributed by atoms with E-state index in [4.69, 9.17) is 4.74 Å². The predicted molar refractivity (Wildman–Crippen MR) is 109 cm³/mol. The van der Waals surface area contributed by atoms with Crippen LogP contribution >= 0.6 is 7.82 Å². The van der Waals surface area contributed by atoms with Gasteiger partial charge in [0.15, 0.2) is 0 Å². The summed E-state index contributed by atoms with van der Waals surface area (Å²) >= 11 is 0. The normalized spacial score (nSPS) is 21.4. The maximum absolute atomic E-state index is 11.6. The number of phosphoric acid groups is 1. The van der Waals surface area contributed by atoms with Crippen LogP contribution in [0.5, 0.6) is 0 Å². The van der Waals surface area contributed by atoms with E-state index < -0.39 is 13.9 Å². The molecule has 0 amide bonds. The summed E-state index contributed by atoms with van der Waals surface area (Å²) in [6, 6.07) is 0. The Morgan fingerprint density at radius 3 is 2.10 bits per heavy atom. The molecule has 2 unspecified atom stereocenters. The van der Waals surface area contributed by atoms with Crippen molar-refractivity contribution in [3.05, 3.63) is 12.2 Å². The molecule has 1 heterocycles. The number of rotatable bonds is 17. The molecule has 0 aromatic carbocycles. The second-order valence-corrected chi connectivity index (χ2v) is 8.85. The van der Waals surface area contributed by atoms with E-state index in [1.807, 2.05) is 0 Å². The minimum Gasteiger partial charge on any atom is -0.756 e. The van der Waals surface area contributed by atoms with Crippen LogP contribution in [-0.4, -0.2) is 25.3 Å². The van der Waals surface area contributed by atoms with Crippen LogP contribution in [0.3, 0.4) is 0 Å². The van der Waals surface area contributed by atoms with E-state index in [9.17, 15) is 14.3 Å². The second kappa shape index (κ2) is 19.0. The van der Waals surface area contributed by atoms with Crippen LogP contribution in [0, 0.1) is 0 Å². The summed E-state index contributed by atoms with van der Waals surface area (Å²) in [4.78, 5) is 22.6. The van der Waals surface area contributed by atoms with Crippen molar-refractivity contribution in [3.63, 3.8) is 0 Å². The van der Waals surface area contributed by atoms with Gasteiger partial charge in [-0.2, -0.15) is 0 Å². The number of hydrogen-bond donors (Lipinski definition) is 0.